The topological polar surface area (TPSA) is 68.2 Å². The summed E-state index contributed by atoms with van der Waals surface area (Å²) >= 11 is 0. The van der Waals surface area contributed by atoms with Crippen molar-refractivity contribution in [1.29, 1.82) is 0 Å². The van der Waals surface area contributed by atoms with Gasteiger partial charge in [-0.05, 0) is 48.2 Å². The van der Waals surface area contributed by atoms with E-state index >= 15 is 0 Å². The van der Waals surface area contributed by atoms with Gasteiger partial charge in [-0.2, -0.15) is 0 Å². The summed E-state index contributed by atoms with van der Waals surface area (Å²) in [6.07, 6.45) is -4.73. The number of ether oxygens (including phenoxy) is 2. The number of hydrogen-bond donors (Lipinski definition) is 1. The lowest BCUT2D eigenvalue weighted by molar-refractivity contribution is -0.274. The van der Waals surface area contributed by atoms with E-state index in [1.807, 2.05) is 30.3 Å². The highest BCUT2D eigenvalue weighted by Crippen LogP contribution is 2.42. The quantitative estimate of drug-likeness (QED) is 0.313. The molecule has 1 saturated heterocycles. The third-order valence-corrected chi connectivity index (χ3v) is 12.0. The number of esters is 1. The first-order valence-corrected chi connectivity index (χ1v) is 15.6. The smallest absolute Gasteiger partial charge is 0.459 e. The Hall–Kier alpha value is -2.34. The van der Waals surface area contributed by atoms with Crippen LogP contribution in [0.4, 0.5) is 13.2 Å². The van der Waals surface area contributed by atoms with Crippen LogP contribution < -0.4 is 4.74 Å². The van der Waals surface area contributed by atoms with Crippen LogP contribution in [0.3, 0.4) is 0 Å². The van der Waals surface area contributed by atoms with Crippen molar-refractivity contribution in [1.82, 2.24) is 4.81 Å². The SMILES string of the molecule is CB(O)N1C[C@@H](O[Si](C)(C)C(C)(C)C)C[C@@]1(Cc1ccc(OC(F)(F)F)cc1)C(=O)OCc1ccccc1. The fourth-order valence-corrected chi connectivity index (χ4v) is 5.93. The highest BCUT2D eigenvalue weighted by molar-refractivity contribution is 6.74. The maximum Gasteiger partial charge on any atom is 0.573 e. The molecule has 6 nitrogen and oxygen atoms in total. The monoisotopic (exact) mass is 551 g/mol. The Morgan fingerprint density at radius 1 is 1.08 bits per heavy atom. The average molecular weight is 551 g/mol. The molecule has 1 aliphatic rings. The van der Waals surface area contributed by atoms with Crippen LogP contribution in [0.15, 0.2) is 54.6 Å². The summed E-state index contributed by atoms with van der Waals surface area (Å²) in [5, 5.41) is 10.7. The number of carbonyl (C=O) groups is 1. The molecule has 11 heteroatoms. The Kier molecular flexibility index (Phi) is 9.07. The molecule has 1 aliphatic heterocycles. The fourth-order valence-electron chi connectivity index (χ4n) is 4.59. The number of halogens is 3. The van der Waals surface area contributed by atoms with E-state index in [0.717, 1.165) is 5.56 Å². The Bertz CT molecular complexity index is 1080. The van der Waals surface area contributed by atoms with Crippen LogP contribution in [0.2, 0.25) is 25.0 Å². The second kappa shape index (κ2) is 11.4. The zero-order valence-corrected chi connectivity index (χ0v) is 23.8. The van der Waals surface area contributed by atoms with Crippen LogP contribution in [0.25, 0.3) is 0 Å². The average Bonchev–Trinajstić information content (AvgIpc) is 3.16. The minimum atomic E-state index is -4.80. The van der Waals surface area contributed by atoms with Gasteiger partial charge in [0.15, 0.2) is 8.32 Å². The molecule has 3 rings (SSSR count). The zero-order chi connectivity index (χ0) is 28.4. The summed E-state index contributed by atoms with van der Waals surface area (Å²) in [4.78, 5) is 15.5. The number of alkyl halides is 3. The van der Waals surface area contributed by atoms with Gasteiger partial charge in [-0.3, -0.25) is 9.61 Å². The first-order valence-electron chi connectivity index (χ1n) is 12.7. The van der Waals surface area contributed by atoms with Crippen molar-refractivity contribution in [2.24, 2.45) is 0 Å². The van der Waals surface area contributed by atoms with E-state index in [2.05, 4.69) is 38.6 Å². The number of benzene rings is 2. The normalized spacial score (nSPS) is 20.8. The van der Waals surface area contributed by atoms with Crippen molar-refractivity contribution < 1.29 is 36.9 Å². The van der Waals surface area contributed by atoms with E-state index in [9.17, 15) is 23.0 Å². The molecule has 0 saturated carbocycles. The Morgan fingerprint density at radius 2 is 1.68 bits per heavy atom. The van der Waals surface area contributed by atoms with Gasteiger partial charge in [0.25, 0.3) is 0 Å². The van der Waals surface area contributed by atoms with Crippen LogP contribution in [0, 0.1) is 0 Å². The Balaban J connectivity index is 1.93. The van der Waals surface area contributed by atoms with Crippen molar-refractivity contribution >= 4 is 21.3 Å². The van der Waals surface area contributed by atoms with Crippen LogP contribution in [-0.2, 0) is 27.0 Å². The minimum Gasteiger partial charge on any atom is -0.459 e. The van der Waals surface area contributed by atoms with Crippen molar-refractivity contribution in [3.8, 4) is 5.75 Å². The molecular weight excluding hydrogens is 514 g/mol. The van der Waals surface area contributed by atoms with E-state index in [1.165, 1.54) is 24.3 Å². The van der Waals surface area contributed by atoms with Gasteiger partial charge in [-0.1, -0.05) is 63.2 Å². The molecule has 0 aliphatic carbocycles. The minimum absolute atomic E-state index is 0.0567. The number of carbonyl (C=O) groups excluding carboxylic acids is 1. The van der Waals surface area contributed by atoms with Gasteiger partial charge >= 0.3 is 19.4 Å². The molecule has 208 valence electrons. The second-order valence-corrected chi connectivity index (χ2v) is 16.2. The number of nitrogens with zero attached hydrogens (tertiary/aromatic N) is 1. The largest absolute Gasteiger partial charge is 0.573 e. The molecule has 0 amide bonds. The molecule has 0 radical (unpaired) electrons. The first kappa shape index (κ1) is 30.2. The molecule has 0 bridgehead atoms. The summed E-state index contributed by atoms with van der Waals surface area (Å²) < 4.78 is 54.3. The van der Waals surface area contributed by atoms with Crippen molar-refractivity contribution in [3.63, 3.8) is 0 Å². The van der Waals surface area contributed by atoms with Crippen LogP contribution >= 0.6 is 0 Å². The lowest BCUT2D eigenvalue weighted by Crippen LogP contribution is -2.57. The van der Waals surface area contributed by atoms with Crippen molar-refractivity contribution in [3.05, 3.63) is 65.7 Å². The summed E-state index contributed by atoms with van der Waals surface area (Å²) in [7, 11) is -3.19. The van der Waals surface area contributed by atoms with Gasteiger partial charge in [-0.25, -0.2) is 0 Å². The molecule has 2 aromatic rings. The summed E-state index contributed by atoms with van der Waals surface area (Å²) in [5.74, 6) is -0.862. The van der Waals surface area contributed by atoms with Gasteiger partial charge < -0.3 is 18.9 Å². The predicted octanol–water partition coefficient (Wildman–Crippen LogP) is 5.82. The van der Waals surface area contributed by atoms with Crippen LogP contribution in [0.5, 0.6) is 5.75 Å². The molecule has 1 heterocycles. The summed E-state index contributed by atoms with van der Waals surface area (Å²) in [5.41, 5.74) is 0.151. The van der Waals surface area contributed by atoms with E-state index < -0.39 is 33.2 Å². The molecule has 2 atom stereocenters. The van der Waals surface area contributed by atoms with E-state index in [1.54, 1.807) is 11.6 Å². The Labute approximate surface area is 224 Å². The lowest BCUT2D eigenvalue weighted by atomic mass is 9.76. The lowest BCUT2D eigenvalue weighted by Gasteiger charge is -2.38. The highest BCUT2D eigenvalue weighted by atomic mass is 28.4. The fraction of sp³-hybridized carbons (Fsp3) is 0.519. The van der Waals surface area contributed by atoms with Gasteiger partial charge in [0.05, 0.1) is 6.10 Å². The van der Waals surface area contributed by atoms with E-state index in [0.29, 0.717) is 12.1 Å². The summed E-state index contributed by atoms with van der Waals surface area (Å²) in [6, 6.07) is 14.7. The molecule has 1 N–H and O–H groups in total. The van der Waals surface area contributed by atoms with Crippen molar-refractivity contribution in [2.75, 3.05) is 6.54 Å². The third-order valence-electron chi connectivity index (χ3n) is 7.48. The van der Waals surface area contributed by atoms with Gasteiger partial charge in [0.2, 0.25) is 0 Å². The number of hydrogen-bond acceptors (Lipinski definition) is 6. The maximum absolute atomic E-state index is 13.8. The Morgan fingerprint density at radius 3 is 2.21 bits per heavy atom. The molecule has 38 heavy (non-hydrogen) atoms. The van der Waals surface area contributed by atoms with E-state index in [4.69, 9.17) is 9.16 Å². The number of rotatable bonds is 9. The van der Waals surface area contributed by atoms with Crippen LogP contribution in [-0.4, -0.2) is 55.7 Å². The maximum atomic E-state index is 13.8. The van der Waals surface area contributed by atoms with Crippen LogP contribution in [0.1, 0.15) is 38.3 Å². The predicted molar refractivity (Wildman–Crippen MR) is 143 cm³/mol. The molecule has 0 aromatic heterocycles. The molecule has 2 aromatic carbocycles. The standard InChI is InChI=1S/C27H37BF3NO5Si/c1-25(2,3)38(5,6)37-23-17-26(32(18-23)28(4)34,24(33)35-19-21-10-8-7-9-11-21)16-20-12-14-22(15-13-20)36-27(29,30)31/h7-15,23,34H,16-19H2,1-6H3/t23-,26-/m0/s1. The molecule has 0 spiro atoms. The third kappa shape index (κ3) is 7.40. The molecular formula is C27H37BF3NO5Si. The molecule has 1 fully saturated rings. The van der Waals surface area contributed by atoms with Crippen molar-refractivity contribution in [2.45, 2.75) is 83.2 Å². The highest BCUT2D eigenvalue weighted by Gasteiger charge is 2.56. The zero-order valence-electron chi connectivity index (χ0n) is 22.8. The summed E-state index contributed by atoms with van der Waals surface area (Å²) in [6.45, 7) is 12.6. The second-order valence-electron chi connectivity index (χ2n) is 11.5. The molecule has 0 unspecified atom stereocenters. The first-order chi connectivity index (χ1) is 17.5. The van der Waals surface area contributed by atoms with E-state index in [-0.39, 0.29) is 36.3 Å². The van der Waals surface area contributed by atoms with Gasteiger partial charge in [0.1, 0.15) is 17.9 Å². The van der Waals surface area contributed by atoms with Gasteiger partial charge in [0, 0.05) is 19.4 Å². The van der Waals surface area contributed by atoms with Gasteiger partial charge in [-0.15, -0.1) is 13.2 Å².